The van der Waals surface area contributed by atoms with E-state index in [1.54, 1.807) is 30.6 Å². The molecule has 0 spiro atoms. The average Bonchev–Trinajstić information content (AvgIpc) is 2.49. The van der Waals surface area contributed by atoms with E-state index in [4.69, 9.17) is 11.6 Å². The van der Waals surface area contributed by atoms with Crippen LogP contribution in [0.4, 0.5) is 5.69 Å². The van der Waals surface area contributed by atoms with Crippen LogP contribution in [0.15, 0.2) is 47.5 Å². The fourth-order valence-corrected chi connectivity index (χ4v) is 2.30. The summed E-state index contributed by atoms with van der Waals surface area (Å²) < 4.78 is 0. The van der Waals surface area contributed by atoms with Crippen LogP contribution >= 0.6 is 11.6 Å². The number of rotatable bonds is 3. The maximum atomic E-state index is 12.1. The zero-order chi connectivity index (χ0) is 14.8. The quantitative estimate of drug-likeness (QED) is 0.807. The minimum atomic E-state index is -0.183. The molecule has 0 aliphatic carbocycles. The first kappa shape index (κ1) is 13.6. The molecule has 2 heterocycles. The van der Waals surface area contributed by atoms with Crippen LogP contribution in [0.3, 0.4) is 0 Å². The molecule has 2 aromatic heterocycles. The molecule has 0 saturated carbocycles. The predicted octanol–water partition coefficient (Wildman–Crippen LogP) is 2.61. The molecule has 3 rings (SSSR count). The molecule has 106 valence electrons. The summed E-state index contributed by atoms with van der Waals surface area (Å²) >= 11 is 5.90. The van der Waals surface area contributed by atoms with Crippen LogP contribution in [0.2, 0.25) is 5.02 Å². The Labute approximate surface area is 126 Å². The first-order chi connectivity index (χ1) is 10.1. The van der Waals surface area contributed by atoms with Gasteiger partial charge in [0.15, 0.2) is 0 Å². The maximum absolute atomic E-state index is 12.1. The molecule has 0 atom stereocenters. The summed E-state index contributed by atoms with van der Waals surface area (Å²) in [7, 11) is 1.92. The van der Waals surface area contributed by atoms with Crippen LogP contribution in [0, 0.1) is 0 Å². The second-order valence-corrected chi connectivity index (χ2v) is 5.18. The fourth-order valence-electron chi connectivity index (χ4n) is 2.13. The zero-order valence-corrected chi connectivity index (χ0v) is 12.1. The van der Waals surface area contributed by atoms with Gasteiger partial charge in [-0.25, -0.2) is 4.98 Å². The van der Waals surface area contributed by atoms with Crippen molar-refractivity contribution in [2.45, 2.75) is 6.54 Å². The Morgan fingerprint density at radius 1 is 1.33 bits per heavy atom. The number of hydrogen-bond donors (Lipinski definition) is 1. The lowest BCUT2D eigenvalue weighted by atomic mass is 10.2. The van der Waals surface area contributed by atoms with Crippen LogP contribution in [-0.2, 0) is 6.54 Å². The molecule has 0 amide bonds. The number of H-pyrrole nitrogens is 1. The Kier molecular flexibility index (Phi) is 3.58. The average molecular weight is 301 g/mol. The molecular weight excluding hydrogens is 288 g/mol. The number of aromatic nitrogens is 3. The summed E-state index contributed by atoms with van der Waals surface area (Å²) in [6, 6.07) is 8.92. The second kappa shape index (κ2) is 5.54. The summed E-state index contributed by atoms with van der Waals surface area (Å²) in [6.07, 6.45) is 3.48. The first-order valence-corrected chi connectivity index (χ1v) is 6.81. The number of halogens is 1. The summed E-state index contributed by atoms with van der Waals surface area (Å²) in [5.41, 5.74) is 1.41. The molecule has 21 heavy (non-hydrogen) atoms. The van der Waals surface area contributed by atoms with Crippen molar-refractivity contribution in [2.24, 2.45) is 0 Å². The summed E-state index contributed by atoms with van der Waals surface area (Å²) in [4.78, 5) is 25.4. The predicted molar refractivity (Wildman–Crippen MR) is 83.7 cm³/mol. The van der Waals surface area contributed by atoms with E-state index in [0.717, 1.165) is 5.69 Å². The largest absolute Gasteiger partial charge is 0.366 e. The fraction of sp³-hybridized carbons (Fsp3) is 0.133. The van der Waals surface area contributed by atoms with Gasteiger partial charge in [0, 0.05) is 18.3 Å². The smallest absolute Gasteiger partial charge is 0.258 e. The minimum Gasteiger partial charge on any atom is -0.366 e. The van der Waals surface area contributed by atoms with Crippen molar-refractivity contribution < 1.29 is 0 Å². The molecule has 0 fully saturated rings. The first-order valence-electron chi connectivity index (χ1n) is 6.43. The van der Waals surface area contributed by atoms with Crippen molar-refractivity contribution in [3.8, 4) is 0 Å². The van der Waals surface area contributed by atoms with E-state index in [1.165, 1.54) is 0 Å². The van der Waals surface area contributed by atoms with Crippen LogP contribution < -0.4 is 10.5 Å². The third kappa shape index (κ3) is 2.87. The number of nitrogens with one attached hydrogen (secondary N) is 1. The SMILES string of the molecule is CN(Cc1nc2ccc(Cl)cc2c(=O)[nH]1)c1cccnc1. The van der Waals surface area contributed by atoms with E-state index < -0.39 is 0 Å². The van der Waals surface area contributed by atoms with Crippen molar-refractivity contribution in [3.63, 3.8) is 0 Å². The van der Waals surface area contributed by atoms with Crippen LogP contribution in [0.5, 0.6) is 0 Å². The van der Waals surface area contributed by atoms with Gasteiger partial charge in [0.2, 0.25) is 0 Å². The van der Waals surface area contributed by atoms with Crippen LogP contribution in [0.1, 0.15) is 5.82 Å². The Morgan fingerprint density at radius 3 is 2.95 bits per heavy atom. The van der Waals surface area contributed by atoms with E-state index >= 15 is 0 Å². The van der Waals surface area contributed by atoms with E-state index in [2.05, 4.69) is 15.0 Å². The number of anilines is 1. The highest BCUT2D eigenvalue weighted by Crippen LogP contribution is 2.16. The highest BCUT2D eigenvalue weighted by Gasteiger charge is 2.07. The van der Waals surface area contributed by atoms with Gasteiger partial charge in [0.1, 0.15) is 5.82 Å². The number of nitrogens with zero attached hydrogens (tertiary/aromatic N) is 3. The number of fused-ring (bicyclic) bond motifs is 1. The van der Waals surface area contributed by atoms with Crippen molar-refractivity contribution in [3.05, 3.63) is 63.9 Å². The van der Waals surface area contributed by atoms with Gasteiger partial charge in [-0.1, -0.05) is 11.6 Å². The zero-order valence-electron chi connectivity index (χ0n) is 11.4. The van der Waals surface area contributed by atoms with E-state index in [9.17, 15) is 4.79 Å². The van der Waals surface area contributed by atoms with Gasteiger partial charge in [0.25, 0.3) is 5.56 Å². The lowest BCUT2D eigenvalue weighted by Crippen LogP contribution is -2.21. The highest BCUT2D eigenvalue weighted by atomic mass is 35.5. The summed E-state index contributed by atoms with van der Waals surface area (Å²) in [5, 5.41) is 1.02. The molecule has 5 nitrogen and oxygen atoms in total. The Bertz CT molecular complexity index is 832. The maximum Gasteiger partial charge on any atom is 0.258 e. The van der Waals surface area contributed by atoms with Gasteiger partial charge in [-0.3, -0.25) is 9.78 Å². The minimum absolute atomic E-state index is 0.183. The van der Waals surface area contributed by atoms with Gasteiger partial charge in [-0.15, -0.1) is 0 Å². The molecule has 0 radical (unpaired) electrons. The molecule has 0 unspecified atom stereocenters. The Morgan fingerprint density at radius 2 is 2.19 bits per heavy atom. The number of benzene rings is 1. The van der Waals surface area contributed by atoms with Crippen molar-refractivity contribution in [1.82, 2.24) is 15.0 Å². The van der Waals surface area contributed by atoms with Gasteiger partial charge >= 0.3 is 0 Å². The Balaban J connectivity index is 1.95. The number of hydrogen-bond acceptors (Lipinski definition) is 4. The molecule has 0 aliphatic heterocycles. The van der Waals surface area contributed by atoms with Crippen LogP contribution in [-0.4, -0.2) is 22.0 Å². The van der Waals surface area contributed by atoms with Crippen molar-refractivity contribution in [1.29, 1.82) is 0 Å². The van der Waals surface area contributed by atoms with Crippen molar-refractivity contribution in [2.75, 3.05) is 11.9 Å². The van der Waals surface area contributed by atoms with Crippen LogP contribution in [0.25, 0.3) is 10.9 Å². The van der Waals surface area contributed by atoms with Gasteiger partial charge in [0.05, 0.1) is 29.3 Å². The normalized spacial score (nSPS) is 10.8. The lowest BCUT2D eigenvalue weighted by Gasteiger charge is -2.18. The van der Waals surface area contributed by atoms with Gasteiger partial charge in [-0.2, -0.15) is 0 Å². The number of pyridine rings is 1. The molecule has 0 aliphatic rings. The van der Waals surface area contributed by atoms with Crippen molar-refractivity contribution >= 4 is 28.2 Å². The molecule has 0 bridgehead atoms. The van der Waals surface area contributed by atoms with Gasteiger partial charge < -0.3 is 9.88 Å². The molecular formula is C15H13ClN4O. The molecule has 6 heteroatoms. The number of aromatic amines is 1. The Hall–Kier alpha value is -2.40. The van der Waals surface area contributed by atoms with E-state index in [-0.39, 0.29) is 5.56 Å². The van der Waals surface area contributed by atoms with E-state index in [0.29, 0.717) is 28.3 Å². The molecule has 1 aromatic carbocycles. The summed E-state index contributed by atoms with van der Waals surface area (Å²) in [5.74, 6) is 0.598. The standard InChI is InChI=1S/C15H13ClN4O/c1-20(11-3-2-6-17-8-11)9-14-18-13-5-4-10(16)7-12(13)15(21)19-14/h2-8H,9H2,1H3,(H,18,19,21). The van der Waals surface area contributed by atoms with Gasteiger partial charge in [-0.05, 0) is 30.3 Å². The molecule has 1 N–H and O–H groups in total. The third-order valence-electron chi connectivity index (χ3n) is 3.19. The summed E-state index contributed by atoms with van der Waals surface area (Å²) in [6.45, 7) is 0.486. The van der Waals surface area contributed by atoms with E-state index in [1.807, 2.05) is 24.1 Å². The monoisotopic (exact) mass is 300 g/mol. The molecule has 0 saturated heterocycles. The highest BCUT2D eigenvalue weighted by molar-refractivity contribution is 6.31. The lowest BCUT2D eigenvalue weighted by molar-refractivity contribution is 0.838. The topological polar surface area (TPSA) is 61.9 Å². The third-order valence-corrected chi connectivity index (χ3v) is 3.43. The molecule has 3 aromatic rings. The second-order valence-electron chi connectivity index (χ2n) is 4.74.